The fourth-order valence-corrected chi connectivity index (χ4v) is 1.32. The fourth-order valence-electron chi connectivity index (χ4n) is 1.32. The summed E-state index contributed by atoms with van der Waals surface area (Å²) in [4.78, 5) is 8.10. The Labute approximate surface area is 99.7 Å². The predicted molar refractivity (Wildman–Crippen MR) is 66.3 cm³/mol. The highest BCUT2D eigenvalue weighted by atomic mass is 16.5. The number of benzene rings is 1. The monoisotopic (exact) mass is 230 g/mol. The van der Waals surface area contributed by atoms with Crippen molar-refractivity contribution >= 4 is 11.5 Å². The molecule has 0 fully saturated rings. The first kappa shape index (κ1) is 11.3. The maximum absolute atomic E-state index is 5.38. The molecule has 2 rings (SSSR count). The van der Waals surface area contributed by atoms with E-state index in [9.17, 15) is 0 Å². The summed E-state index contributed by atoms with van der Waals surface area (Å²) in [6, 6.07) is 7.60. The van der Waals surface area contributed by atoms with Gasteiger partial charge >= 0.3 is 0 Å². The second-order valence-corrected chi connectivity index (χ2v) is 3.38. The summed E-state index contributed by atoms with van der Waals surface area (Å²) >= 11 is 0. The fraction of sp³-hybridized carbons (Fsp3) is 0.167. The van der Waals surface area contributed by atoms with Crippen LogP contribution in [0.1, 0.15) is 0 Å². The minimum absolute atomic E-state index is 0.513. The Hall–Kier alpha value is -2.14. The maximum Gasteiger partial charge on any atom is 0.148 e. The molecule has 0 aliphatic heterocycles. The number of anilines is 2. The van der Waals surface area contributed by atoms with Crippen LogP contribution in [-0.2, 0) is 0 Å². The molecule has 17 heavy (non-hydrogen) atoms. The lowest BCUT2D eigenvalue weighted by molar-refractivity contribution is 0.328. The molecule has 0 bridgehead atoms. The summed E-state index contributed by atoms with van der Waals surface area (Å²) in [6.07, 6.45) is 4.94. The standard InChI is InChI=1S/C12H14N4O/c13-5-8-17-11-3-1-10(2-4-11)16-12-9-14-6-7-15-12/h1-4,6-7,9H,5,8,13H2,(H,15,16). The summed E-state index contributed by atoms with van der Waals surface area (Å²) in [5, 5.41) is 3.13. The molecule has 0 aliphatic carbocycles. The van der Waals surface area contributed by atoms with Crippen molar-refractivity contribution in [3.05, 3.63) is 42.9 Å². The Bertz CT molecular complexity index is 444. The number of nitrogens with two attached hydrogens (primary N) is 1. The normalized spacial score (nSPS) is 9.94. The zero-order valence-electron chi connectivity index (χ0n) is 9.34. The highest BCUT2D eigenvalue weighted by Gasteiger charge is 1.96. The number of ether oxygens (including phenoxy) is 1. The van der Waals surface area contributed by atoms with Crippen LogP contribution in [0.15, 0.2) is 42.9 Å². The summed E-state index contributed by atoms with van der Waals surface area (Å²) in [7, 11) is 0. The molecule has 0 unspecified atom stereocenters. The van der Waals surface area contributed by atoms with Gasteiger partial charge in [-0.05, 0) is 24.3 Å². The second kappa shape index (κ2) is 5.81. The third kappa shape index (κ3) is 3.42. The van der Waals surface area contributed by atoms with Crippen LogP contribution in [-0.4, -0.2) is 23.1 Å². The van der Waals surface area contributed by atoms with Crippen molar-refractivity contribution < 1.29 is 4.74 Å². The molecule has 2 aromatic rings. The minimum atomic E-state index is 0.513. The van der Waals surface area contributed by atoms with Gasteiger partial charge in [-0.15, -0.1) is 0 Å². The van der Waals surface area contributed by atoms with Crippen molar-refractivity contribution in [1.82, 2.24) is 9.97 Å². The Morgan fingerprint density at radius 3 is 2.65 bits per heavy atom. The van der Waals surface area contributed by atoms with E-state index in [0.29, 0.717) is 19.0 Å². The van der Waals surface area contributed by atoms with E-state index < -0.39 is 0 Å². The van der Waals surface area contributed by atoms with Gasteiger partial charge in [-0.3, -0.25) is 4.98 Å². The lowest BCUT2D eigenvalue weighted by Gasteiger charge is -2.07. The molecule has 0 spiro atoms. The largest absolute Gasteiger partial charge is 0.492 e. The molecule has 5 heteroatoms. The molecule has 1 aromatic carbocycles. The van der Waals surface area contributed by atoms with E-state index >= 15 is 0 Å². The molecule has 0 aliphatic rings. The number of aromatic nitrogens is 2. The zero-order valence-corrected chi connectivity index (χ0v) is 9.34. The molecule has 0 saturated heterocycles. The van der Waals surface area contributed by atoms with Crippen LogP contribution >= 0.6 is 0 Å². The van der Waals surface area contributed by atoms with Gasteiger partial charge < -0.3 is 15.8 Å². The number of nitrogens with zero attached hydrogens (tertiary/aromatic N) is 2. The van der Waals surface area contributed by atoms with E-state index in [1.165, 1.54) is 0 Å². The van der Waals surface area contributed by atoms with Gasteiger partial charge in [0.2, 0.25) is 0 Å². The molecule has 1 aromatic heterocycles. The highest BCUT2D eigenvalue weighted by molar-refractivity contribution is 5.56. The van der Waals surface area contributed by atoms with Crippen molar-refractivity contribution in [1.29, 1.82) is 0 Å². The van der Waals surface area contributed by atoms with E-state index in [1.54, 1.807) is 18.6 Å². The van der Waals surface area contributed by atoms with Crippen molar-refractivity contribution in [2.45, 2.75) is 0 Å². The smallest absolute Gasteiger partial charge is 0.148 e. The molecule has 0 radical (unpaired) electrons. The van der Waals surface area contributed by atoms with Crippen molar-refractivity contribution in [3.63, 3.8) is 0 Å². The Morgan fingerprint density at radius 2 is 2.00 bits per heavy atom. The molecule has 5 nitrogen and oxygen atoms in total. The van der Waals surface area contributed by atoms with Gasteiger partial charge in [0.15, 0.2) is 0 Å². The van der Waals surface area contributed by atoms with Crippen LogP contribution in [0, 0.1) is 0 Å². The Morgan fingerprint density at radius 1 is 1.18 bits per heavy atom. The minimum Gasteiger partial charge on any atom is -0.492 e. The van der Waals surface area contributed by atoms with Crippen LogP contribution < -0.4 is 15.8 Å². The first-order valence-electron chi connectivity index (χ1n) is 5.34. The van der Waals surface area contributed by atoms with Gasteiger partial charge in [0.05, 0.1) is 6.20 Å². The van der Waals surface area contributed by atoms with Gasteiger partial charge in [-0.1, -0.05) is 0 Å². The van der Waals surface area contributed by atoms with Gasteiger partial charge in [0, 0.05) is 24.6 Å². The van der Waals surface area contributed by atoms with Crippen LogP contribution in [0.25, 0.3) is 0 Å². The third-order valence-corrected chi connectivity index (χ3v) is 2.08. The van der Waals surface area contributed by atoms with E-state index in [4.69, 9.17) is 10.5 Å². The second-order valence-electron chi connectivity index (χ2n) is 3.38. The Balaban J connectivity index is 1.98. The first-order valence-corrected chi connectivity index (χ1v) is 5.34. The molecule has 3 N–H and O–H groups in total. The van der Waals surface area contributed by atoms with Gasteiger partial charge in [0.25, 0.3) is 0 Å². The summed E-state index contributed by atoms with van der Waals surface area (Å²) in [5.74, 6) is 1.52. The topological polar surface area (TPSA) is 73.1 Å². The van der Waals surface area contributed by atoms with Gasteiger partial charge in [0.1, 0.15) is 18.2 Å². The highest BCUT2D eigenvalue weighted by Crippen LogP contribution is 2.18. The number of hydrogen-bond donors (Lipinski definition) is 2. The molecular weight excluding hydrogens is 216 g/mol. The van der Waals surface area contributed by atoms with Crippen molar-refractivity contribution in [2.75, 3.05) is 18.5 Å². The first-order chi connectivity index (χ1) is 8.38. The van der Waals surface area contributed by atoms with Crippen molar-refractivity contribution in [2.24, 2.45) is 5.73 Å². The molecule has 0 saturated carbocycles. The summed E-state index contributed by atoms with van der Waals surface area (Å²) in [6.45, 7) is 1.04. The van der Waals surface area contributed by atoms with E-state index in [1.807, 2.05) is 24.3 Å². The Kier molecular flexibility index (Phi) is 3.88. The molecule has 88 valence electrons. The number of rotatable bonds is 5. The predicted octanol–water partition coefficient (Wildman–Crippen LogP) is 1.56. The lowest BCUT2D eigenvalue weighted by Crippen LogP contribution is -2.10. The lowest BCUT2D eigenvalue weighted by atomic mass is 10.3. The van der Waals surface area contributed by atoms with E-state index in [2.05, 4.69) is 15.3 Å². The van der Waals surface area contributed by atoms with Crippen LogP contribution in [0.4, 0.5) is 11.5 Å². The van der Waals surface area contributed by atoms with E-state index in [0.717, 1.165) is 11.4 Å². The van der Waals surface area contributed by atoms with Gasteiger partial charge in [-0.25, -0.2) is 4.98 Å². The van der Waals surface area contributed by atoms with Crippen molar-refractivity contribution in [3.8, 4) is 5.75 Å². The third-order valence-electron chi connectivity index (χ3n) is 2.08. The zero-order chi connectivity index (χ0) is 11.9. The molecule has 0 amide bonds. The van der Waals surface area contributed by atoms with Gasteiger partial charge in [-0.2, -0.15) is 0 Å². The molecule has 1 heterocycles. The van der Waals surface area contributed by atoms with E-state index in [-0.39, 0.29) is 0 Å². The summed E-state index contributed by atoms with van der Waals surface area (Å²) < 4.78 is 5.38. The summed E-state index contributed by atoms with van der Waals surface area (Å²) in [5.41, 5.74) is 6.29. The maximum atomic E-state index is 5.38. The average molecular weight is 230 g/mol. The van der Waals surface area contributed by atoms with Crippen LogP contribution in [0.3, 0.4) is 0 Å². The SMILES string of the molecule is NCCOc1ccc(Nc2cnccn2)cc1. The average Bonchev–Trinajstić information content (AvgIpc) is 2.39. The van der Waals surface area contributed by atoms with Crippen LogP contribution in [0.2, 0.25) is 0 Å². The number of nitrogens with one attached hydrogen (secondary N) is 1. The quantitative estimate of drug-likeness (QED) is 0.815. The molecular formula is C12H14N4O. The molecule has 0 atom stereocenters. The van der Waals surface area contributed by atoms with Crippen LogP contribution in [0.5, 0.6) is 5.75 Å². The number of hydrogen-bond acceptors (Lipinski definition) is 5.